The summed E-state index contributed by atoms with van der Waals surface area (Å²) in [5.41, 5.74) is 1.22. The van der Waals surface area contributed by atoms with Crippen LogP contribution in [0.5, 0.6) is 5.75 Å². The standard InChI is InChI=1S/C14H19N3O3/c1-9(18)16-12-6-5-11(7-13(12)20-2)17-14(19)8-15-10-3-4-10/h5-7,10,15H,3-4,8H2,1-2H3,(H,16,18)(H,17,19). The summed E-state index contributed by atoms with van der Waals surface area (Å²) in [7, 11) is 1.51. The fourth-order valence-electron chi connectivity index (χ4n) is 1.79. The molecule has 0 saturated heterocycles. The number of methoxy groups -OCH3 is 1. The normalized spacial score (nSPS) is 13.7. The van der Waals surface area contributed by atoms with Crippen LogP contribution < -0.4 is 20.7 Å². The van der Waals surface area contributed by atoms with E-state index < -0.39 is 0 Å². The average molecular weight is 277 g/mol. The van der Waals surface area contributed by atoms with E-state index in [4.69, 9.17) is 4.74 Å². The predicted molar refractivity (Wildman–Crippen MR) is 77.0 cm³/mol. The monoisotopic (exact) mass is 277 g/mol. The van der Waals surface area contributed by atoms with Crippen molar-refractivity contribution >= 4 is 23.2 Å². The molecule has 1 aliphatic carbocycles. The lowest BCUT2D eigenvalue weighted by molar-refractivity contribution is -0.115. The van der Waals surface area contributed by atoms with E-state index in [1.165, 1.54) is 14.0 Å². The van der Waals surface area contributed by atoms with Gasteiger partial charge in [-0.15, -0.1) is 0 Å². The first kappa shape index (κ1) is 14.3. The van der Waals surface area contributed by atoms with Crippen molar-refractivity contribution in [2.24, 2.45) is 0 Å². The first-order chi connectivity index (χ1) is 9.58. The molecule has 1 aromatic rings. The number of amides is 2. The molecule has 0 heterocycles. The van der Waals surface area contributed by atoms with Crippen LogP contribution in [0.4, 0.5) is 11.4 Å². The Morgan fingerprint density at radius 2 is 2.05 bits per heavy atom. The van der Waals surface area contributed by atoms with Crippen LogP contribution in [0.15, 0.2) is 18.2 Å². The zero-order chi connectivity index (χ0) is 14.5. The minimum Gasteiger partial charge on any atom is -0.494 e. The molecule has 108 valence electrons. The molecule has 6 nitrogen and oxygen atoms in total. The molecule has 0 aliphatic heterocycles. The van der Waals surface area contributed by atoms with Crippen molar-refractivity contribution < 1.29 is 14.3 Å². The van der Waals surface area contributed by atoms with Gasteiger partial charge in [0.25, 0.3) is 0 Å². The van der Waals surface area contributed by atoms with E-state index in [1.807, 2.05) is 0 Å². The minimum absolute atomic E-state index is 0.0915. The van der Waals surface area contributed by atoms with E-state index in [0.717, 1.165) is 12.8 Å². The smallest absolute Gasteiger partial charge is 0.238 e. The van der Waals surface area contributed by atoms with Crippen LogP contribution >= 0.6 is 0 Å². The Kier molecular flexibility index (Phi) is 4.57. The molecule has 1 fully saturated rings. The maximum Gasteiger partial charge on any atom is 0.238 e. The molecule has 0 spiro atoms. The van der Waals surface area contributed by atoms with Gasteiger partial charge in [-0.25, -0.2) is 0 Å². The zero-order valence-corrected chi connectivity index (χ0v) is 11.7. The number of hydrogen-bond donors (Lipinski definition) is 3. The van der Waals surface area contributed by atoms with Crippen molar-refractivity contribution in [2.75, 3.05) is 24.3 Å². The highest BCUT2D eigenvalue weighted by Crippen LogP contribution is 2.27. The van der Waals surface area contributed by atoms with Gasteiger partial charge in [0.15, 0.2) is 0 Å². The first-order valence-electron chi connectivity index (χ1n) is 6.57. The Balaban J connectivity index is 1.96. The largest absolute Gasteiger partial charge is 0.494 e. The number of nitrogens with one attached hydrogen (secondary N) is 3. The maximum atomic E-state index is 11.7. The number of carbonyl (C=O) groups excluding carboxylic acids is 2. The molecule has 6 heteroatoms. The van der Waals surface area contributed by atoms with Gasteiger partial charge in [-0.2, -0.15) is 0 Å². The highest BCUT2D eigenvalue weighted by molar-refractivity contribution is 5.94. The van der Waals surface area contributed by atoms with E-state index in [1.54, 1.807) is 18.2 Å². The Morgan fingerprint density at radius 3 is 2.65 bits per heavy atom. The van der Waals surface area contributed by atoms with E-state index in [2.05, 4.69) is 16.0 Å². The molecule has 1 saturated carbocycles. The quantitative estimate of drug-likeness (QED) is 0.733. The third-order valence-corrected chi connectivity index (χ3v) is 2.92. The number of anilines is 2. The van der Waals surface area contributed by atoms with E-state index in [-0.39, 0.29) is 11.8 Å². The van der Waals surface area contributed by atoms with Gasteiger partial charge in [-0.3, -0.25) is 9.59 Å². The van der Waals surface area contributed by atoms with Gasteiger partial charge in [0.1, 0.15) is 5.75 Å². The van der Waals surface area contributed by atoms with Crippen LogP contribution in [0.3, 0.4) is 0 Å². The van der Waals surface area contributed by atoms with Gasteiger partial charge >= 0.3 is 0 Å². The second-order valence-corrected chi connectivity index (χ2v) is 4.80. The van der Waals surface area contributed by atoms with Crippen LogP contribution in [0, 0.1) is 0 Å². The van der Waals surface area contributed by atoms with Gasteiger partial charge in [0.2, 0.25) is 11.8 Å². The van der Waals surface area contributed by atoms with E-state index >= 15 is 0 Å². The highest BCUT2D eigenvalue weighted by atomic mass is 16.5. The fraction of sp³-hybridized carbons (Fsp3) is 0.429. The Hall–Kier alpha value is -2.08. The third-order valence-electron chi connectivity index (χ3n) is 2.92. The lowest BCUT2D eigenvalue weighted by atomic mass is 10.2. The summed E-state index contributed by atoms with van der Waals surface area (Å²) in [5, 5.41) is 8.59. The van der Waals surface area contributed by atoms with Crippen LogP contribution in [-0.2, 0) is 9.59 Å². The predicted octanol–water partition coefficient (Wildman–Crippen LogP) is 1.34. The maximum absolute atomic E-state index is 11.7. The van der Waals surface area contributed by atoms with Crippen LogP contribution in [0.25, 0.3) is 0 Å². The second-order valence-electron chi connectivity index (χ2n) is 4.80. The van der Waals surface area contributed by atoms with Crippen molar-refractivity contribution in [3.63, 3.8) is 0 Å². The summed E-state index contributed by atoms with van der Waals surface area (Å²) in [6.45, 7) is 1.74. The van der Waals surface area contributed by atoms with Crippen molar-refractivity contribution in [1.29, 1.82) is 0 Å². The molecule has 0 radical (unpaired) electrons. The van der Waals surface area contributed by atoms with Crippen LogP contribution in [0.1, 0.15) is 19.8 Å². The summed E-state index contributed by atoms with van der Waals surface area (Å²) < 4.78 is 5.20. The highest BCUT2D eigenvalue weighted by Gasteiger charge is 2.21. The lowest BCUT2D eigenvalue weighted by Gasteiger charge is -2.12. The molecule has 0 bridgehead atoms. The Morgan fingerprint density at radius 1 is 1.30 bits per heavy atom. The van der Waals surface area contributed by atoms with Crippen molar-refractivity contribution in [3.05, 3.63) is 18.2 Å². The summed E-state index contributed by atoms with van der Waals surface area (Å²) in [6.07, 6.45) is 2.29. The minimum atomic E-state index is -0.172. The SMILES string of the molecule is COc1cc(NC(=O)CNC2CC2)ccc1NC(C)=O. The molecule has 1 aliphatic rings. The molecule has 20 heavy (non-hydrogen) atoms. The summed E-state index contributed by atoms with van der Waals surface area (Å²) in [5.74, 6) is 0.244. The lowest BCUT2D eigenvalue weighted by Crippen LogP contribution is -2.29. The number of rotatable bonds is 6. The number of benzene rings is 1. The van der Waals surface area contributed by atoms with Gasteiger partial charge < -0.3 is 20.7 Å². The topological polar surface area (TPSA) is 79.5 Å². The molecule has 2 amide bonds. The van der Waals surface area contributed by atoms with Crippen LogP contribution in [-0.4, -0.2) is 31.5 Å². The molecular formula is C14H19N3O3. The van der Waals surface area contributed by atoms with Gasteiger partial charge in [-0.1, -0.05) is 0 Å². The van der Waals surface area contributed by atoms with Gasteiger partial charge in [0.05, 0.1) is 19.3 Å². The Bertz CT molecular complexity index is 512. The summed E-state index contributed by atoms with van der Waals surface area (Å²) >= 11 is 0. The zero-order valence-electron chi connectivity index (χ0n) is 11.7. The average Bonchev–Trinajstić information content (AvgIpc) is 3.21. The second kappa shape index (κ2) is 6.38. The fourth-order valence-corrected chi connectivity index (χ4v) is 1.79. The summed E-state index contributed by atoms with van der Waals surface area (Å²) in [6, 6.07) is 5.60. The number of carbonyl (C=O) groups is 2. The molecule has 0 aromatic heterocycles. The number of ether oxygens (including phenoxy) is 1. The van der Waals surface area contributed by atoms with E-state index in [9.17, 15) is 9.59 Å². The van der Waals surface area contributed by atoms with Gasteiger partial charge in [0, 0.05) is 24.7 Å². The van der Waals surface area contributed by atoms with Gasteiger partial charge in [-0.05, 0) is 25.0 Å². The Labute approximate surface area is 117 Å². The first-order valence-corrected chi connectivity index (χ1v) is 6.57. The molecular weight excluding hydrogens is 258 g/mol. The molecule has 0 atom stereocenters. The molecule has 3 N–H and O–H groups in total. The molecule has 2 rings (SSSR count). The number of hydrogen-bond acceptors (Lipinski definition) is 4. The molecule has 0 unspecified atom stereocenters. The van der Waals surface area contributed by atoms with Crippen molar-refractivity contribution in [2.45, 2.75) is 25.8 Å². The van der Waals surface area contributed by atoms with Crippen LogP contribution in [0.2, 0.25) is 0 Å². The molecule has 1 aromatic carbocycles. The van der Waals surface area contributed by atoms with E-state index in [0.29, 0.717) is 29.7 Å². The van der Waals surface area contributed by atoms with Crippen molar-refractivity contribution in [1.82, 2.24) is 5.32 Å². The van der Waals surface area contributed by atoms with Crippen molar-refractivity contribution in [3.8, 4) is 5.75 Å². The third kappa shape index (κ3) is 4.24. The summed E-state index contributed by atoms with van der Waals surface area (Å²) in [4.78, 5) is 22.8.